The number of rotatable bonds is 0. The molecule has 0 unspecified atom stereocenters. The molecule has 1 aromatic heterocycles. The van der Waals surface area contributed by atoms with E-state index in [4.69, 9.17) is 5.11 Å². The van der Waals surface area contributed by atoms with Crippen LogP contribution in [0.1, 0.15) is 0 Å². The maximum absolute atomic E-state index is 9.10. The maximum atomic E-state index is 9.10. The third-order valence-corrected chi connectivity index (χ3v) is 1.57. The van der Waals surface area contributed by atoms with E-state index < -0.39 is 0 Å². The summed E-state index contributed by atoms with van der Waals surface area (Å²) in [7, 11) is 0. The number of aromatic hydroxyl groups is 1. The van der Waals surface area contributed by atoms with Gasteiger partial charge in [0.05, 0.1) is 6.20 Å². The normalized spacial score (nSPS) is 10.2. The van der Waals surface area contributed by atoms with Crippen molar-refractivity contribution in [1.29, 1.82) is 0 Å². The molecule has 1 radical (unpaired) electrons. The molecular weight excluding hydrogens is 138 g/mol. The van der Waals surface area contributed by atoms with E-state index in [1.54, 1.807) is 24.4 Å². The van der Waals surface area contributed by atoms with Crippen molar-refractivity contribution in [1.82, 2.24) is 4.98 Å². The first-order valence-corrected chi connectivity index (χ1v) is 3.31. The van der Waals surface area contributed by atoms with E-state index in [0.717, 1.165) is 10.8 Å². The van der Waals surface area contributed by atoms with Crippen LogP contribution in [-0.2, 0) is 0 Å². The SMILES string of the molecule is Oc1ccc2cn[c]cc2c1. The highest BCUT2D eigenvalue weighted by Gasteiger charge is 1.92. The van der Waals surface area contributed by atoms with Crippen molar-refractivity contribution in [2.75, 3.05) is 0 Å². The van der Waals surface area contributed by atoms with E-state index in [0.29, 0.717) is 0 Å². The standard InChI is InChI=1S/C9H6NO/c11-9-2-1-8-6-10-4-3-7(8)5-9/h1-3,5-6,11H. The molecule has 1 N–H and O–H groups in total. The number of aromatic nitrogens is 1. The molecule has 2 aromatic rings. The van der Waals surface area contributed by atoms with E-state index in [-0.39, 0.29) is 5.75 Å². The molecule has 2 heteroatoms. The maximum Gasteiger partial charge on any atom is 0.116 e. The molecule has 53 valence electrons. The van der Waals surface area contributed by atoms with Crippen LogP contribution in [0.4, 0.5) is 0 Å². The Morgan fingerprint density at radius 3 is 3.09 bits per heavy atom. The van der Waals surface area contributed by atoms with Crippen molar-refractivity contribution in [3.63, 3.8) is 0 Å². The van der Waals surface area contributed by atoms with Crippen molar-refractivity contribution in [3.05, 3.63) is 36.7 Å². The van der Waals surface area contributed by atoms with Gasteiger partial charge in [-0.3, -0.25) is 4.98 Å². The lowest BCUT2D eigenvalue weighted by molar-refractivity contribution is 0.476. The van der Waals surface area contributed by atoms with Gasteiger partial charge in [-0.15, -0.1) is 0 Å². The molecule has 1 aromatic carbocycles. The quantitative estimate of drug-likeness (QED) is 0.611. The Labute approximate surface area is 64.1 Å². The van der Waals surface area contributed by atoms with Crippen LogP contribution < -0.4 is 0 Å². The Morgan fingerprint density at radius 2 is 2.18 bits per heavy atom. The van der Waals surface area contributed by atoms with Crippen LogP contribution in [0.5, 0.6) is 5.75 Å². The molecule has 0 atom stereocenters. The Bertz CT molecular complexity index is 384. The lowest BCUT2D eigenvalue weighted by Gasteiger charge is -1.95. The first-order chi connectivity index (χ1) is 5.36. The van der Waals surface area contributed by atoms with Gasteiger partial charge in [-0.1, -0.05) is 0 Å². The van der Waals surface area contributed by atoms with Crippen LogP contribution in [0, 0.1) is 6.20 Å². The minimum absolute atomic E-state index is 0.275. The summed E-state index contributed by atoms with van der Waals surface area (Å²) < 4.78 is 0. The number of nitrogens with zero attached hydrogens (tertiary/aromatic N) is 1. The lowest BCUT2D eigenvalue weighted by Crippen LogP contribution is -1.73. The molecule has 0 bridgehead atoms. The summed E-state index contributed by atoms with van der Waals surface area (Å²) >= 11 is 0. The smallest absolute Gasteiger partial charge is 0.116 e. The van der Waals surface area contributed by atoms with Gasteiger partial charge in [0.1, 0.15) is 5.75 Å². The molecule has 0 spiro atoms. The van der Waals surface area contributed by atoms with Crippen molar-refractivity contribution in [2.24, 2.45) is 0 Å². The third kappa shape index (κ3) is 1.03. The topological polar surface area (TPSA) is 33.1 Å². The van der Waals surface area contributed by atoms with Crippen LogP contribution in [0.3, 0.4) is 0 Å². The molecule has 0 aliphatic rings. The van der Waals surface area contributed by atoms with E-state index in [1.165, 1.54) is 0 Å². The average molecular weight is 144 g/mol. The lowest BCUT2D eigenvalue weighted by atomic mass is 10.2. The first-order valence-electron chi connectivity index (χ1n) is 3.31. The molecule has 1 heterocycles. The van der Waals surface area contributed by atoms with Gasteiger partial charge in [-0.2, -0.15) is 0 Å². The van der Waals surface area contributed by atoms with Gasteiger partial charge in [0, 0.05) is 11.6 Å². The fraction of sp³-hybridized carbons (Fsp3) is 0. The van der Waals surface area contributed by atoms with Crippen LogP contribution in [0.2, 0.25) is 0 Å². The monoisotopic (exact) mass is 144 g/mol. The molecule has 0 saturated carbocycles. The predicted octanol–water partition coefficient (Wildman–Crippen LogP) is 1.74. The zero-order chi connectivity index (χ0) is 7.68. The number of hydrogen-bond acceptors (Lipinski definition) is 2. The molecule has 2 nitrogen and oxygen atoms in total. The second-order valence-corrected chi connectivity index (χ2v) is 2.34. The highest BCUT2D eigenvalue weighted by atomic mass is 16.3. The van der Waals surface area contributed by atoms with Crippen LogP contribution >= 0.6 is 0 Å². The summed E-state index contributed by atoms with van der Waals surface area (Å²) in [6.07, 6.45) is 4.42. The van der Waals surface area contributed by atoms with Gasteiger partial charge in [0.25, 0.3) is 0 Å². The molecule has 11 heavy (non-hydrogen) atoms. The Morgan fingerprint density at radius 1 is 1.27 bits per heavy atom. The number of phenols is 1. The highest BCUT2D eigenvalue weighted by molar-refractivity contribution is 5.82. The van der Waals surface area contributed by atoms with E-state index in [9.17, 15) is 0 Å². The van der Waals surface area contributed by atoms with Crippen molar-refractivity contribution in [3.8, 4) is 5.75 Å². The first kappa shape index (κ1) is 6.16. The zero-order valence-corrected chi connectivity index (χ0v) is 5.78. The van der Waals surface area contributed by atoms with E-state index in [2.05, 4.69) is 11.2 Å². The van der Waals surface area contributed by atoms with Crippen LogP contribution in [0.25, 0.3) is 10.8 Å². The number of phenolic OH excluding ortho intramolecular Hbond substituents is 1. The van der Waals surface area contributed by atoms with Gasteiger partial charge in [0.15, 0.2) is 0 Å². The van der Waals surface area contributed by atoms with Crippen molar-refractivity contribution in [2.45, 2.75) is 0 Å². The summed E-state index contributed by atoms with van der Waals surface area (Å²) in [4.78, 5) is 3.84. The average Bonchev–Trinajstić information content (AvgIpc) is 2.04. The summed E-state index contributed by atoms with van der Waals surface area (Å²) in [6.45, 7) is 0. The largest absolute Gasteiger partial charge is 0.508 e. The highest BCUT2D eigenvalue weighted by Crippen LogP contribution is 2.17. The Hall–Kier alpha value is -1.57. The molecule has 0 saturated heterocycles. The second-order valence-electron chi connectivity index (χ2n) is 2.34. The number of pyridine rings is 1. The molecular formula is C9H6NO. The molecule has 2 rings (SSSR count). The van der Waals surface area contributed by atoms with Gasteiger partial charge < -0.3 is 5.11 Å². The fourth-order valence-electron chi connectivity index (χ4n) is 1.02. The van der Waals surface area contributed by atoms with Crippen molar-refractivity contribution < 1.29 is 5.11 Å². The minimum Gasteiger partial charge on any atom is -0.508 e. The van der Waals surface area contributed by atoms with E-state index in [1.807, 2.05) is 6.07 Å². The third-order valence-electron chi connectivity index (χ3n) is 1.57. The summed E-state index contributed by atoms with van der Waals surface area (Å²) in [5.41, 5.74) is 0. The Balaban J connectivity index is 2.83. The van der Waals surface area contributed by atoms with Gasteiger partial charge in [-0.05, 0) is 29.7 Å². The van der Waals surface area contributed by atoms with E-state index >= 15 is 0 Å². The molecule has 0 amide bonds. The summed E-state index contributed by atoms with van der Waals surface area (Å²) in [5.74, 6) is 0.275. The fourth-order valence-corrected chi connectivity index (χ4v) is 1.02. The summed E-state index contributed by atoms with van der Waals surface area (Å²) in [6, 6.07) is 6.90. The number of hydrogen-bond donors (Lipinski definition) is 1. The second kappa shape index (κ2) is 2.23. The Kier molecular flexibility index (Phi) is 1.25. The molecule has 0 aliphatic carbocycles. The van der Waals surface area contributed by atoms with Crippen molar-refractivity contribution >= 4 is 10.8 Å². The summed E-state index contributed by atoms with van der Waals surface area (Å²) in [5, 5.41) is 11.1. The molecule has 0 fully saturated rings. The minimum atomic E-state index is 0.275. The number of benzene rings is 1. The van der Waals surface area contributed by atoms with Gasteiger partial charge in [-0.25, -0.2) is 0 Å². The van der Waals surface area contributed by atoms with Gasteiger partial charge in [0.2, 0.25) is 0 Å². The zero-order valence-electron chi connectivity index (χ0n) is 5.78. The van der Waals surface area contributed by atoms with Gasteiger partial charge >= 0.3 is 0 Å². The number of fused-ring (bicyclic) bond motifs is 1. The molecule has 0 aliphatic heterocycles. The van der Waals surface area contributed by atoms with Crippen LogP contribution in [0.15, 0.2) is 30.5 Å². The van der Waals surface area contributed by atoms with Crippen LogP contribution in [-0.4, -0.2) is 10.1 Å². The predicted molar refractivity (Wildman–Crippen MR) is 42.2 cm³/mol.